The van der Waals surface area contributed by atoms with Crippen LogP contribution in [0, 0.1) is 0 Å². The highest BCUT2D eigenvalue weighted by Gasteiger charge is 2.36. The first-order valence-corrected chi connectivity index (χ1v) is 10.0. The summed E-state index contributed by atoms with van der Waals surface area (Å²) in [5.41, 5.74) is 2.84. The van der Waals surface area contributed by atoms with E-state index in [1.165, 1.54) is 0 Å². The number of hydrogen-bond donors (Lipinski definition) is 1. The fourth-order valence-corrected chi connectivity index (χ4v) is 4.10. The monoisotopic (exact) mass is 370 g/mol. The Labute approximate surface area is 157 Å². The van der Waals surface area contributed by atoms with Gasteiger partial charge in [0, 0.05) is 17.7 Å². The molecule has 2 aliphatic rings. The fourth-order valence-electron chi connectivity index (χ4n) is 3.55. The van der Waals surface area contributed by atoms with E-state index in [1.54, 1.807) is 11.8 Å². The maximum absolute atomic E-state index is 12.7. The molecular weight excluding hydrogens is 348 g/mol. The molecule has 0 unspecified atom stereocenters. The first kappa shape index (κ1) is 17.1. The van der Waals surface area contributed by atoms with Crippen molar-refractivity contribution in [1.29, 1.82) is 0 Å². The Bertz CT molecular complexity index is 857. The molecule has 0 bridgehead atoms. The van der Waals surface area contributed by atoms with Gasteiger partial charge in [-0.05, 0) is 43.2 Å². The smallest absolute Gasteiger partial charge is 0.227 e. The molecule has 0 saturated heterocycles. The van der Waals surface area contributed by atoms with E-state index in [0.717, 1.165) is 46.3 Å². The summed E-state index contributed by atoms with van der Waals surface area (Å²) in [4.78, 5) is 17.3. The topological polar surface area (TPSA) is 69.0 Å². The summed E-state index contributed by atoms with van der Waals surface area (Å²) < 4.78 is 7.41. The number of nitrogens with zero attached hydrogens (tertiary/aromatic N) is 3. The molecule has 26 heavy (non-hydrogen) atoms. The number of fused-ring (bicyclic) bond motifs is 1. The number of benzene rings is 1. The van der Waals surface area contributed by atoms with Crippen LogP contribution >= 0.6 is 11.8 Å². The minimum absolute atomic E-state index is 0.198. The van der Waals surface area contributed by atoms with Crippen LogP contribution in [0.2, 0.25) is 0 Å². The second-order valence-electron chi connectivity index (χ2n) is 6.29. The van der Waals surface area contributed by atoms with Gasteiger partial charge in [-0.3, -0.25) is 4.79 Å². The Balaban J connectivity index is 1.80. The summed E-state index contributed by atoms with van der Waals surface area (Å²) in [6.45, 7) is 4.67. The van der Waals surface area contributed by atoms with Crippen molar-refractivity contribution in [2.24, 2.45) is 0 Å². The number of thioether (sulfide) groups is 1. The van der Waals surface area contributed by atoms with Crippen LogP contribution in [0.3, 0.4) is 0 Å². The number of allylic oxidation sites excluding steroid dienone is 2. The lowest BCUT2D eigenvalue weighted by Crippen LogP contribution is -2.31. The molecule has 1 aromatic carbocycles. The van der Waals surface area contributed by atoms with E-state index >= 15 is 0 Å². The van der Waals surface area contributed by atoms with Gasteiger partial charge in [0.2, 0.25) is 11.1 Å². The highest BCUT2D eigenvalue weighted by molar-refractivity contribution is 7.99. The summed E-state index contributed by atoms with van der Waals surface area (Å²) in [5, 5.41) is 8.76. The number of ketones is 1. The standard InChI is InChI=1S/C19H22N4O2S/c1-3-25-13-10-8-12(9-11-13)17-16-14(6-5-7-15(16)24)20-18-21-19(26-4-2)22-23(17)18/h8-11,17H,3-7H2,1-2H3,(H,20,21,22)/t17-/m0/s1. The zero-order chi connectivity index (χ0) is 18.1. The number of aromatic nitrogens is 3. The molecule has 2 heterocycles. The van der Waals surface area contributed by atoms with Gasteiger partial charge in [0.1, 0.15) is 11.8 Å². The third-order valence-electron chi connectivity index (χ3n) is 4.63. The fraction of sp³-hybridized carbons (Fsp3) is 0.421. The van der Waals surface area contributed by atoms with Crippen LogP contribution in [-0.2, 0) is 4.79 Å². The van der Waals surface area contributed by atoms with Gasteiger partial charge in [-0.2, -0.15) is 4.98 Å². The van der Waals surface area contributed by atoms with Crippen molar-refractivity contribution in [1.82, 2.24) is 14.8 Å². The molecule has 7 heteroatoms. The Kier molecular flexibility index (Phi) is 4.72. The largest absolute Gasteiger partial charge is 0.494 e. The maximum Gasteiger partial charge on any atom is 0.227 e. The predicted octanol–water partition coefficient (Wildman–Crippen LogP) is 3.81. The maximum atomic E-state index is 12.7. The first-order chi connectivity index (χ1) is 12.7. The molecule has 1 aromatic heterocycles. The molecule has 1 aliphatic heterocycles. The van der Waals surface area contributed by atoms with E-state index in [2.05, 4.69) is 22.3 Å². The van der Waals surface area contributed by atoms with E-state index in [-0.39, 0.29) is 11.8 Å². The summed E-state index contributed by atoms with van der Waals surface area (Å²) >= 11 is 1.60. The molecule has 0 fully saturated rings. The number of rotatable bonds is 5. The molecular formula is C19H22N4O2S. The molecule has 6 nitrogen and oxygen atoms in total. The van der Waals surface area contributed by atoms with Gasteiger partial charge in [-0.1, -0.05) is 30.8 Å². The highest BCUT2D eigenvalue weighted by atomic mass is 32.2. The molecule has 0 radical (unpaired) electrons. The van der Waals surface area contributed by atoms with Gasteiger partial charge >= 0.3 is 0 Å². The van der Waals surface area contributed by atoms with E-state index < -0.39 is 0 Å². The van der Waals surface area contributed by atoms with E-state index in [9.17, 15) is 4.79 Å². The Morgan fingerprint density at radius 2 is 2.08 bits per heavy atom. The molecule has 136 valence electrons. The molecule has 1 atom stereocenters. The second kappa shape index (κ2) is 7.15. The van der Waals surface area contributed by atoms with Gasteiger partial charge in [-0.15, -0.1) is 5.10 Å². The lowest BCUT2D eigenvalue weighted by atomic mass is 9.85. The first-order valence-electron chi connectivity index (χ1n) is 9.06. The van der Waals surface area contributed by atoms with Crippen molar-refractivity contribution in [2.75, 3.05) is 17.7 Å². The number of anilines is 1. The average Bonchev–Trinajstić information content (AvgIpc) is 3.03. The number of carbonyl (C=O) groups excluding carboxylic acids is 1. The van der Waals surface area contributed by atoms with Crippen LogP contribution < -0.4 is 10.1 Å². The Hall–Kier alpha value is -2.28. The summed E-state index contributed by atoms with van der Waals surface area (Å²) in [6.07, 6.45) is 2.34. The quantitative estimate of drug-likeness (QED) is 0.807. The SMILES string of the molecule is CCOc1ccc([C@H]2C3=C(CCCC3=O)Nc3nc(SCC)nn32)cc1. The van der Waals surface area contributed by atoms with Crippen LogP contribution in [-0.4, -0.2) is 32.9 Å². The number of hydrogen-bond acceptors (Lipinski definition) is 6. The van der Waals surface area contributed by atoms with Crippen molar-refractivity contribution in [3.63, 3.8) is 0 Å². The summed E-state index contributed by atoms with van der Waals surface area (Å²) in [7, 11) is 0. The third-order valence-corrected chi connectivity index (χ3v) is 5.35. The number of nitrogens with one attached hydrogen (secondary N) is 1. The van der Waals surface area contributed by atoms with Gasteiger partial charge in [-0.25, -0.2) is 4.68 Å². The predicted molar refractivity (Wildman–Crippen MR) is 102 cm³/mol. The summed E-state index contributed by atoms with van der Waals surface area (Å²) in [6, 6.07) is 7.71. The van der Waals surface area contributed by atoms with Crippen molar-refractivity contribution in [3.8, 4) is 5.75 Å². The van der Waals surface area contributed by atoms with E-state index in [0.29, 0.717) is 19.0 Å². The minimum atomic E-state index is -0.233. The van der Waals surface area contributed by atoms with E-state index in [4.69, 9.17) is 4.74 Å². The van der Waals surface area contributed by atoms with Gasteiger partial charge in [0.25, 0.3) is 0 Å². The van der Waals surface area contributed by atoms with Gasteiger partial charge < -0.3 is 10.1 Å². The Morgan fingerprint density at radius 1 is 1.27 bits per heavy atom. The second-order valence-corrected chi connectivity index (χ2v) is 7.53. The zero-order valence-electron chi connectivity index (χ0n) is 15.0. The molecule has 1 N–H and O–H groups in total. The minimum Gasteiger partial charge on any atom is -0.494 e. The van der Waals surface area contributed by atoms with Crippen molar-refractivity contribution in [2.45, 2.75) is 44.3 Å². The number of ether oxygens (including phenoxy) is 1. The normalized spacial score (nSPS) is 19.0. The van der Waals surface area contributed by atoms with Crippen LogP contribution in [0.1, 0.15) is 44.7 Å². The van der Waals surface area contributed by atoms with Gasteiger partial charge in [0.05, 0.1) is 6.61 Å². The van der Waals surface area contributed by atoms with Crippen LogP contribution in [0.25, 0.3) is 0 Å². The Morgan fingerprint density at radius 3 is 2.81 bits per heavy atom. The third kappa shape index (κ3) is 3.00. The molecule has 4 rings (SSSR count). The van der Waals surface area contributed by atoms with Crippen molar-refractivity contribution in [3.05, 3.63) is 41.1 Å². The number of carbonyl (C=O) groups is 1. The number of Topliss-reactive ketones (excluding diaryl/α,β-unsaturated/α-hetero) is 1. The lowest BCUT2D eigenvalue weighted by Gasteiger charge is -2.32. The molecule has 0 saturated carbocycles. The highest BCUT2D eigenvalue weighted by Crippen LogP contribution is 2.40. The zero-order valence-corrected chi connectivity index (χ0v) is 15.8. The lowest BCUT2D eigenvalue weighted by molar-refractivity contribution is -0.116. The van der Waals surface area contributed by atoms with Crippen LogP contribution in [0.4, 0.5) is 5.95 Å². The van der Waals surface area contributed by atoms with Crippen molar-refractivity contribution < 1.29 is 9.53 Å². The van der Waals surface area contributed by atoms with Crippen LogP contribution in [0.5, 0.6) is 5.75 Å². The molecule has 0 spiro atoms. The summed E-state index contributed by atoms with van der Waals surface area (Å²) in [5.74, 6) is 2.65. The average molecular weight is 370 g/mol. The van der Waals surface area contributed by atoms with Crippen molar-refractivity contribution >= 4 is 23.5 Å². The molecule has 1 aliphatic carbocycles. The van der Waals surface area contributed by atoms with E-state index in [1.807, 2.05) is 35.9 Å². The molecule has 2 aromatic rings. The van der Waals surface area contributed by atoms with Gasteiger partial charge in [0.15, 0.2) is 5.78 Å². The molecule has 0 amide bonds. The van der Waals surface area contributed by atoms with Crippen LogP contribution in [0.15, 0.2) is 40.7 Å².